The minimum atomic E-state index is -4.64. The first-order chi connectivity index (χ1) is 5.39. The molecule has 0 radical (unpaired) electrons. The van der Waals surface area contributed by atoms with E-state index in [2.05, 4.69) is 15.4 Å². The summed E-state index contributed by atoms with van der Waals surface area (Å²) in [6.45, 7) is 0. The average molecular weight is 194 g/mol. The molecule has 5 N–H and O–H groups in total. The predicted molar refractivity (Wildman–Crippen MR) is 38.5 cm³/mol. The summed E-state index contributed by atoms with van der Waals surface area (Å²) in [5.74, 6) is 0.398. The van der Waals surface area contributed by atoms with E-state index >= 15 is 0 Å². The molecule has 0 atom stereocenters. The van der Waals surface area contributed by atoms with Crippen LogP contribution in [0.25, 0.3) is 0 Å². The van der Waals surface area contributed by atoms with Crippen molar-refractivity contribution >= 4 is 13.6 Å². The van der Waals surface area contributed by atoms with Crippen molar-refractivity contribution in [2.75, 3.05) is 5.73 Å². The molecule has 1 heterocycles. The molecular formula is C3H7N4O4P. The van der Waals surface area contributed by atoms with E-state index in [9.17, 15) is 0 Å². The van der Waals surface area contributed by atoms with Crippen molar-refractivity contribution in [3.8, 4) is 0 Å². The van der Waals surface area contributed by atoms with Gasteiger partial charge < -0.3 is 20.4 Å². The van der Waals surface area contributed by atoms with Crippen LogP contribution in [0.5, 0.6) is 0 Å². The largest absolute Gasteiger partial charge is 0.466 e. The summed E-state index contributed by atoms with van der Waals surface area (Å²) in [4.78, 5) is 21.6. The lowest BCUT2D eigenvalue weighted by atomic mass is 10.6. The zero-order chi connectivity index (χ0) is 9.61. The van der Waals surface area contributed by atoms with Crippen LogP contribution in [0, 0.1) is 0 Å². The highest BCUT2D eigenvalue weighted by molar-refractivity contribution is 7.45. The van der Waals surface area contributed by atoms with Crippen LogP contribution in [0.2, 0.25) is 0 Å². The number of rotatable bonds is 0. The number of aromatic nitrogens is 3. The molecule has 0 spiro atoms. The number of anilines is 1. The molecule has 1 aromatic rings. The van der Waals surface area contributed by atoms with Crippen LogP contribution in [-0.4, -0.2) is 30.1 Å². The summed E-state index contributed by atoms with van der Waals surface area (Å²) in [7, 11) is -4.64. The van der Waals surface area contributed by atoms with Crippen molar-refractivity contribution in [2.24, 2.45) is 0 Å². The highest BCUT2D eigenvalue weighted by Crippen LogP contribution is 2.25. The lowest BCUT2D eigenvalue weighted by Crippen LogP contribution is -1.91. The SMILES string of the molecule is Nc1ccnnn1.O=P(O)(O)O. The van der Waals surface area contributed by atoms with Crippen LogP contribution in [0.15, 0.2) is 12.3 Å². The Labute approximate surface area is 67.3 Å². The lowest BCUT2D eigenvalue weighted by molar-refractivity contribution is 0.275. The first-order valence-electron chi connectivity index (χ1n) is 2.58. The van der Waals surface area contributed by atoms with E-state index in [1.165, 1.54) is 6.20 Å². The smallest absolute Gasteiger partial charge is 0.382 e. The van der Waals surface area contributed by atoms with Crippen LogP contribution >= 0.6 is 7.82 Å². The monoisotopic (exact) mass is 194 g/mol. The first-order valence-corrected chi connectivity index (χ1v) is 4.14. The van der Waals surface area contributed by atoms with Crippen molar-refractivity contribution in [1.82, 2.24) is 15.4 Å². The second kappa shape index (κ2) is 4.73. The summed E-state index contributed by atoms with van der Waals surface area (Å²) in [6, 6.07) is 1.58. The Kier molecular flexibility index (Phi) is 4.30. The summed E-state index contributed by atoms with van der Waals surface area (Å²) in [6.07, 6.45) is 1.49. The topological polar surface area (TPSA) is 142 Å². The van der Waals surface area contributed by atoms with Gasteiger partial charge in [0.2, 0.25) is 0 Å². The van der Waals surface area contributed by atoms with Crippen molar-refractivity contribution in [3.05, 3.63) is 12.3 Å². The third-order valence-electron chi connectivity index (χ3n) is 0.524. The molecular weight excluding hydrogens is 187 g/mol. The van der Waals surface area contributed by atoms with E-state index in [1.807, 2.05) is 0 Å². The van der Waals surface area contributed by atoms with Gasteiger partial charge in [-0.1, -0.05) is 0 Å². The number of hydrogen-bond donors (Lipinski definition) is 4. The van der Waals surface area contributed by atoms with Crippen molar-refractivity contribution in [2.45, 2.75) is 0 Å². The fourth-order valence-corrected chi connectivity index (χ4v) is 0.250. The number of nitrogens with two attached hydrogens (primary N) is 1. The Morgan fingerprint density at radius 1 is 1.42 bits per heavy atom. The minimum Gasteiger partial charge on any atom is -0.382 e. The highest BCUT2D eigenvalue weighted by Gasteiger charge is 2.00. The van der Waals surface area contributed by atoms with E-state index in [0.717, 1.165) is 0 Å². The Hall–Kier alpha value is -1.08. The van der Waals surface area contributed by atoms with E-state index in [-0.39, 0.29) is 0 Å². The van der Waals surface area contributed by atoms with Gasteiger partial charge in [-0.15, -0.1) is 10.2 Å². The van der Waals surface area contributed by atoms with Crippen LogP contribution in [0.3, 0.4) is 0 Å². The molecule has 8 nitrogen and oxygen atoms in total. The summed E-state index contributed by atoms with van der Waals surface area (Å²) < 4.78 is 8.88. The Bertz CT molecular complexity index is 252. The third-order valence-corrected chi connectivity index (χ3v) is 0.524. The summed E-state index contributed by atoms with van der Waals surface area (Å²) in [5, 5.41) is 10.1. The van der Waals surface area contributed by atoms with Gasteiger partial charge in [0, 0.05) is 6.07 Å². The van der Waals surface area contributed by atoms with E-state index in [1.54, 1.807) is 6.07 Å². The van der Waals surface area contributed by atoms with Gasteiger partial charge in [0.05, 0.1) is 6.20 Å². The summed E-state index contributed by atoms with van der Waals surface area (Å²) in [5.41, 5.74) is 5.14. The maximum atomic E-state index is 8.88. The second-order valence-corrected chi connectivity index (χ2v) is 2.59. The fraction of sp³-hybridized carbons (Fsp3) is 0. The van der Waals surface area contributed by atoms with Gasteiger partial charge in [-0.25, -0.2) is 4.57 Å². The van der Waals surface area contributed by atoms with Gasteiger partial charge in [0.25, 0.3) is 0 Å². The predicted octanol–water partition coefficient (Wildman–Crippen LogP) is -1.47. The van der Waals surface area contributed by atoms with Gasteiger partial charge in [-0.05, 0) is 5.21 Å². The molecule has 0 bridgehead atoms. The molecule has 0 fully saturated rings. The molecule has 1 rings (SSSR count). The second-order valence-electron chi connectivity index (χ2n) is 1.56. The number of hydrogen-bond acceptors (Lipinski definition) is 5. The quantitative estimate of drug-likeness (QED) is 0.366. The summed E-state index contributed by atoms with van der Waals surface area (Å²) >= 11 is 0. The van der Waals surface area contributed by atoms with Crippen molar-refractivity contribution in [3.63, 3.8) is 0 Å². The molecule has 0 aliphatic heterocycles. The Morgan fingerprint density at radius 3 is 2.08 bits per heavy atom. The maximum absolute atomic E-state index is 8.88. The van der Waals surface area contributed by atoms with Gasteiger partial charge in [-0.2, -0.15) is 0 Å². The molecule has 0 unspecified atom stereocenters. The average Bonchev–Trinajstić information content (AvgIpc) is 1.85. The minimum absolute atomic E-state index is 0.398. The Morgan fingerprint density at radius 2 is 1.92 bits per heavy atom. The zero-order valence-corrected chi connectivity index (χ0v) is 6.67. The third kappa shape index (κ3) is 11.7. The van der Waals surface area contributed by atoms with E-state index in [4.69, 9.17) is 25.0 Å². The maximum Gasteiger partial charge on any atom is 0.466 e. The van der Waals surface area contributed by atoms with Crippen LogP contribution in [-0.2, 0) is 4.57 Å². The molecule has 0 aromatic carbocycles. The van der Waals surface area contributed by atoms with Crippen LogP contribution in [0.1, 0.15) is 0 Å². The molecule has 9 heteroatoms. The molecule has 0 saturated carbocycles. The van der Waals surface area contributed by atoms with Crippen molar-refractivity contribution in [1.29, 1.82) is 0 Å². The van der Waals surface area contributed by atoms with Gasteiger partial charge in [-0.3, -0.25) is 0 Å². The van der Waals surface area contributed by atoms with Gasteiger partial charge >= 0.3 is 7.82 Å². The van der Waals surface area contributed by atoms with E-state index in [0.29, 0.717) is 5.82 Å². The van der Waals surface area contributed by atoms with Gasteiger partial charge in [0.15, 0.2) is 0 Å². The van der Waals surface area contributed by atoms with E-state index < -0.39 is 7.82 Å². The normalized spacial score (nSPS) is 9.92. The number of phosphoric acid groups is 1. The number of nitrogen functional groups attached to an aromatic ring is 1. The molecule has 0 aliphatic carbocycles. The molecule has 1 aromatic heterocycles. The molecule has 0 aliphatic rings. The van der Waals surface area contributed by atoms with Crippen LogP contribution in [0.4, 0.5) is 5.82 Å². The zero-order valence-electron chi connectivity index (χ0n) is 5.77. The highest BCUT2D eigenvalue weighted by atomic mass is 31.2. The fourth-order valence-electron chi connectivity index (χ4n) is 0.250. The molecule has 0 saturated heterocycles. The first kappa shape index (κ1) is 10.9. The Balaban J connectivity index is 0.000000217. The molecule has 0 amide bonds. The van der Waals surface area contributed by atoms with Crippen LogP contribution < -0.4 is 5.73 Å². The lowest BCUT2D eigenvalue weighted by Gasteiger charge is -1.82. The van der Waals surface area contributed by atoms with Gasteiger partial charge in [0.1, 0.15) is 5.82 Å². The molecule has 68 valence electrons. The standard InChI is InChI=1S/C3H4N4.H3O4P/c4-3-1-2-5-7-6-3;1-5(2,3)4/h1-2H,(H2,4,5,6);(H3,1,2,3,4). The molecule has 12 heavy (non-hydrogen) atoms. The van der Waals surface area contributed by atoms with Crippen molar-refractivity contribution < 1.29 is 19.2 Å². The number of nitrogens with zero attached hydrogens (tertiary/aromatic N) is 3.